The second-order valence-electron chi connectivity index (χ2n) is 5.56. The number of hydrogen-bond donors (Lipinski definition) is 1. The normalized spacial score (nSPS) is 19.8. The standard InChI is InChI=1S/C17H21NO2S/c19-14(8-9-15-7-4-10-20-15)11-17-18-16(12-21-17)13-5-2-1-3-6-13/h1-3,5-6,12,14-15,19H,4,7-11H2. The fourth-order valence-electron chi connectivity index (χ4n) is 2.70. The summed E-state index contributed by atoms with van der Waals surface area (Å²) in [6.45, 7) is 0.883. The Morgan fingerprint density at radius 3 is 2.95 bits per heavy atom. The summed E-state index contributed by atoms with van der Waals surface area (Å²) in [4.78, 5) is 4.63. The van der Waals surface area contributed by atoms with E-state index in [9.17, 15) is 5.11 Å². The number of thiazole rings is 1. The van der Waals surface area contributed by atoms with Gasteiger partial charge in [-0.25, -0.2) is 4.98 Å². The highest BCUT2D eigenvalue weighted by Gasteiger charge is 2.17. The lowest BCUT2D eigenvalue weighted by Crippen LogP contribution is -2.14. The fourth-order valence-corrected chi connectivity index (χ4v) is 3.58. The van der Waals surface area contributed by atoms with Crippen LogP contribution in [0.4, 0.5) is 0 Å². The van der Waals surface area contributed by atoms with Crippen LogP contribution in [-0.4, -0.2) is 28.9 Å². The Bertz CT molecular complexity index is 549. The van der Waals surface area contributed by atoms with Gasteiger partial charge in [0.25, 0.3) is 0 Å². The van der Waals surface area contributed by atoms with Crippen molar-refractivity contribution in [2.45, 2.75) is 44.3 Å². The van der Waals surface area contributed by atoms with Crippen LogP contribution in [0.2, 0.25) is 0 Å². The minimum absolute atomic E-state index is 0.316. The van der Waals surface area contributed by atoms with E-state index in [-0.39, 0.29) is 6.10 Å². The molecule has 3 nitrogen and oxygen atoms in total. The first-order valence-electron chi connectivity index (χ1n) is 7.61. The summed E-state index contributed by atoms with van der Waals surface area (Å²) in [6.07, 6.45) is 4.74. The number of hydrogen-bond acceptors (Lipinski definition) is 4. The van der Waals surface area contributed by atoms with Crippen LogP contribution in [0.5, 0.6) is 0 Å². The fraction of sp³-hybridized carbons (Fsp3) is 0.471. The maximum atomic E-state index is 10.2. The summed E-state index contributed by atoms with van der Waals surface area (Å²) in [6, 6.07) is 10.2. The molecule has 1 saturated heterocycles. The largest absolute Gasteiger partial charge is 0.393 e. The minimum atomic E-state index is -0.316. The lowest BCUT2D eigenvalue weighted by atomic mass is 10.1. The van der Waals surface area contributed by atoms with Gasteiger partial charge < -0.3 is 9.84 Å². The van der Waals surface area contributed by atoms with E-state index >= 15 is 0 Å². The molecule has 4 heteroatoms. The zero-order valence-corrected chi connectivity index (χ0v) is 12.9. The topological polar surface area (TPSA) is 42.4 Å². The van der Waals surface area contributed by atoms with Gasteiger partial charge in [0.15, 0.2) is 0 Å². The van der Waals surface area contributed by atoms with E-state index in [0.717, 1.165) is 48.6 Å². The second-order valence-corrected chi connectivity index (χ2v) is 6.51. The highest BCUT2D eigenvalue weighted by atomic mass is 32.1. The van der Waals surface area contributed by atoms with Gasteiger partial charge in [-0.3, -0.25) is 0 Å². The molecule has 0 saturated carbocycles. The molecule has 0 amide bonds. The van der Waals surface area contributed by atoms with E-state index in [4.69, 9.17) is 4.74 Å². The molecule has 0 bridgehead atoms. The van der Waals surface area contributed by atoms with E-state index < -0.39 is 0 Å². The Kier molecular flexibility index (Phi) is 5.01. The SMILES string of the molecule is OC(CCC1CCCO1)Cc1nc(-c2ccccc2)cs1. The monoisotopic (exact) mass is 303 g/mol. The molecule has 3 rings (SSSR count). The molecule has 1 N–H and O–H groups in total. The molecule has 1 fully saturated rings. The first-order chi connectivity index (χ1) is 10.3. The number of aromatic nitrogens is 1. The first-order valence-corrected chi connectivity index (χ1v) is 8.49. The average molecular weight is 303 g/mol. The van der Waals surface area contributed by atoms with Crippen molar-refractivity contribution in [2.24, 2.45) is 0 Å². The van der Waals surface area contributed by atoms with Crippen molar-refractivity contribution in [3.63, 3.8) is 0 Å². The number of nitrogens with zero attached hydrogens (tertiary/aromatic N) is 1. The number of rotatable bonds is 6. The van der Waals surface area contributed by atoms with Crippen LogP contribution < -0.4 is 0 Å². The molecule has 0 spiro atoms. The van der Waals surface area contributed by atoms with Crippen LogP contribution in [-0.2, 0) is 11.2 Å². The molecule has 0 aliphatic carbocycles. The maximum Gasteiger partial charge on any atom is 0.0958 e. The summed E-state index contributed by atoms with van der Waals surface area (Å²) in [5.74, 6) is 0. The van der Waals surface area contributed by atoms with Crippen molar-refractivity contribution in [3.05, 3.63) is 40.7 Å². The van der Waals surface area contributed by atoms with Gasteiger partial charge in [-0.15, -0.1) is 11.3 Å². The van der Waals surface area contributed by atoms with Gasteiger partial charge in [-0.05, 0) is 25.7 Å². The molecule has 1 aliphatic heterocycles. The van der Waals surface area contributed by atoms with Crippen molar-refractivity contribution in [1.29, 1.82) is 0 Å². The molecular formula is C17H21NO2S. The summed E-state index contributed by atoms with van der Waals surface area (Å²) >= 11 is 1.63. The van der Waals surface area contributed by atoms with Crippen LogP contribution in [0.1, 0.15) is 30.7 Å². The van der Waals surface area contributed by atoms with E-state index in [1.165, 1.54) is 0 Å². The van der Waals surface area contributed by atoms with Crippen LogP contribution in [0.15, 0.2) is 35.7 Å². The highest BCUT2D eigenvalue weighted by molar-refractivity contribution is 7.09. The van der Waals surface area contributed by atoms with Gasteiger partial charge in [0.1, 0.15) is 0 Å². The van der Waals surface area contributed by atoms with E-state index in [1.54, 1.807) is 11.3 Å². The molecule has 1 aromatic carbocycles. The molecule has 1 aromatic heterocycles. The Morgan fingerprint density at radius 2 is 2.19 bits per heavy atom. The number of aliphatic hydroxyl groups excluding tert-OH is 1. The van der Waals surface area contributed by atoms with E-state index in [1.807, 2.05) is 18.2 Å². The molecule has 2 unspecified atom stereocenters. The van der Waals surface area contributed by atoms with Gasteiger partial charge in [0.05, 0.1) is 22.9 Å². The Balaban J connectivity index is 1.52. The first kappa shape index (κ1) is 14.7. The van der Waals surface area contributed by atoms with Gasteiger partial charge in [-0.2, -0.15) is 0 Å². The zero-order chi connectivity index (χ0) is 14.5. The average Bonchev–Trinajstić information content (AvgIpc) is 3.17. The van der Waals surface area contributed by atoms with Gasteiger partial charge in [0, 0.05) is 24.0 Å². The quantitative estimate of drug-likeness (QED) is 0.885. The Labute approximate surface area is 129 Å². The molecule has 112 valence electrons. The van der Waals surface area contributed by atoms with Gasteiger partial charge in [0.2, 0.25) is 0 Å². The predicted octanol–water partition coefficient (Wildman–Crippen LogP) is 3.67. The summed E-state index contributed by atoms with van der Waals surface area (Å²) < 4.78 is 5.59. The third kappa shape index (κ3) is 4.13. The van der Waals surface area contributed by atoms with Crippen LogP contribution >= 0.6 is 11.3 Å². The minimum Gasteiger partial charge on any atom is -0.393 e. The molecular weight excluding hydrogens is 282 g/mol. The summed E-state index contributed by atoms with van der Waals surface area (Å²) in [7, 11) is 0. The molecule has 21 heavy (non-hydrogen) atoms. The van der Waals surface area contributed by atoms with Crippen LogP contribution in [0.3, 0.4) is 0 Å². The molecule has 2 aromatic rings. The molecule has 1 aliphatic rings. The number of aliphatic hydroxyl groups is 1. The maximum absolute atomic E-state index is 10.2. The van der Waals surface area contributed by atoms with Gasteiger partial charge in [-0.1, -0.05) is 30.3 Å². The lowest BCUT2D eigenvalue weighted by Gasteiger charge is -2.12. The summed E-state index contributed by atoms with van der Waals surface area (Å²) in [5, 5.41) is 13.2. The van der Waals surface area contributed by atoms with Crippen LogP contribution in [0.25, 0.3) is 11.3 Å². The number of benzene rings is 1. The Hall–Kier alpha value is -1.23. The summed E-state index contributed by atoms with van der Waals surface area (Å²) in [5.41, 5.74) is 2.13. The molecule has 2 atom stereocenters. The van der Waals surface area contributed by atoms with E-state index in [0.29, 0.717) is 12.5 Å². The third-order valence-electron chi connectivity index (χ3n) is 3.88. The smallest absolute Gasteiger partial charge is 0.0958 e. The Morgan fingerprint density at radius 1 is 1.33 bits per heavy atom. The highest BCUT2D eigenvalue weighted by Crippen LogP contribution is 2.23. The van der Waals surface area contributed by atoms with Crippen molar-refractivity contribution in [3.8, 4) is 11.3 Å². The van der Waals surface area contributed by atoms with Crippen LogP contribution in [0, 0.1) is 0 Å². The zero-order valence-electron chi connectivity index (χ0n) is 12.1. The van der Waals surface area contributed by atoms with Crippen molar-refractivity contribution < 1.29 is 9.84 Å². The van der Waals surface area contributed by atoms with Gasteiger partial charge >= 0.3 is 0 Å². The molecule has 0 radical (unpaired) electrons. The van der Waals surface area contributed by atoms with Crippen molar-refractivity contribution in [1.82, 2.24) is 4.98 Å². The predicted molar refractivity (Wildman–Crippen MR) is 85.5 cm³/mol. The third-order valence-corrected chi connectivity index (χ3v) is 4.75. The van der Waals surface area contributed by atoms with Crippen molar-refractivity contribution >= 4 is 11.3 Å². The van der Waals surface area contributed by atoms with Crippen molar-refractivity contribution in [2.75, 3.05) is 6.61 Å². The second kappa shape index (κ2) is 7.16. The lowest BCUT2D eigenvalue weighted by molar-refractivity contribution is 0.0813. The van der Waals surface area contributed by atoms with E-state index in [2.05, 4.69) is 22.5 Å². The number of ether oxygens (including phenoxy) is 1. The molecule has 2 heterocycles.